The Balaban J connectivity index is 2.00. The van der Waals surface area contributed by atoms with Crippen LogP contribution in [-0.2, 0) is 11.0 Å². The van der Waals surface area contributed by atoms with Crippen molar-refractivity contribution in [2.24, 2.45) is 0 Å². The number of alkyl halides is 3. The van der Waals surface area contributed by atoms with Gasteiger partial charge in [0.05, 0.1) is 10.5 Å². The van der Waals surface area contributed by atoms with Crippen LogP contribution in [0.2, 0.25) is 0 Å². The number of halogens is 3. The molecular weight excluding hydrogens is 389 g/mol. The number of thioether (sulfide) groups is 1. The molecular formula is C20H19F3N2O2S. The van der Waals surface area contributed by atoms with Crippen LogP contribution in [-0.4, -0.2) is 27.2 Å². The molecule has 1 fully saturated rings. The lowest BCUT2D eigenvalue weighted by Gasteiger charge is -2.13. The number of hydrogen-bond donors (Lipinski definition) is 0. The SMILES string of the molecule is CCCN1C(=O)S/C(=C\c2cc(C)n(-c3cccc(C(F)(F)F)c3)c2C)C1=O. The second-order valence-electron chi connectivity index (χ2n) is 6.54. The first-order valence-electron chi connectivity index (χ1n) is 8.75. The maximum absolute atomic E-state index is 13.0. The van der Waals surface area contributed by atoms with E-state index in [4.69, 9.17) is 0 Å². The summed E-state index contributed by atoms with van der Waals surface area (Å²) in [5.74, 6) is -0.333. The molecule has 1 aliphatic rings. The summed E-state index contributed by atoms with van der Waals surface area (Å²) in [5, 5.41) is -0.301. The van der Waals surface area contributed by atoms with Crippen LogP contribution in [0.1, 0.15) is 35.9 Å². The van der Waals surface area contributed by atoms with Crippen LogP contribution in [0.3, 0.4) is 0 Å². The zero-order valence-electron chi connectivity index (χ0n) is 15.6. The van der Waals surface area contributed by atoms with Gasteiger partial charge in [0.25, 0.3) is 11.1 Å². The average Bonchev–Trinajstić information content (AvgIpc) is 3.05. The topological polar surface area (TPSA) is 42.3 Å². The average molecular weight is 408 g/mol. The number of rotatable bonds is 4. The molecule has 148 valence electrons. The monoisotopic (exact) mass is 408 g/mol. The first kappa shape index (κ1) is 20.3. The molecule has 0 N–H and O–H groups in total. The molecule has 2 aromatic rings. The van der Waals surface area contributed by atoms with E-state index in [1.165, 1.54) is 11.0 Å². The zero-order chi connectivity index (χ0) is 20.6. The summed E-state index contributed by atoms with van der Waals surface area (Å²) in [6, 6.07) is 6.89. The Morgan fingerprint density at radius 2 is 1.86 bits per heavy atom. The predicted molar refractivity (Wildman–Crippen MR) is 103 cm³/mol. The van der Waals surface area contributed by atoms with Crippen molar-refractivity contribution in [1.82, 2.24) is 9.47 Å². The number of aromatic nitrogens is 1. The lowest BCUT2D eigenvalue weighted by Crippen LogP contribution is -2.28. The molecule has 0 unspecified atom stereocenters. The second kappa shape index (κ2) is 7.50. The number of hydrogen-bond acceptors (Lipinski definition) is 3. The highest BCUT2D eigenvalue weighted by atomic mass is 32.2. The smallest absolute Gasteiger partial charge is 0.318 e. The second-order valence-corrected chi connectivity index (χ2v) is 7.54. The number of benzene rings is 1. The molecule has 0 saturated carbocycles. The standard InChI is InChI=1S/C20H19F3N2O2S/c1-4-8-24-18(26)17(28-19(24)27)10-14-9-12(2)25(13(14)3)16-7-5-6-15(11-16)20(21,22)23/h5-7,9-11H,4,8H2,1-3H3/b17-10-. The minimum atomic E-state index is -4.42. The van der Waals surface area contributed by atoms with E-state index in [-0.39, 0.29) is 11.1 Å². The van der Waals surface area contributed by atoms with Gasteiger partial charge in [0, 0.05) is 23.6 Å². The zero-order valence-corrected chi connectivity index (χ0v) is 16.4. The number of carbonyl (C=O) groups is 2. The van der Waals surface area contributed by atoms with Gasteiger partial charge in [-0.15, -0.1) is 0 Å². The molecule has 0 radical (unpaired) electrons. The van der Waals surface area contributed by atoms with E-state index < -0.39 is 11.7 Å². The van der Waals surface area contributed by atoms with Crippen LogP contribution in [0.5, 0.6) is 0 Å². The summed E-state index contributed by atoms with van der Waals surface area (Å²) in [5.41, 5.74) is 1.79. The molecule has 1 aromatic heterocycles. The summed E-state index contributed by atoms with van der Waals surface area (Å²) in [6.07, 6.45) is -2.12. The molecule has 0 atom stereocenters. The van der Waals surface area contributed by atoms with Crippen molar-refractivity contribution in [3.8, 4) is 5.69 Å². The van der Waals surface area contributed by atoms with Crippen molar-refractivity contribution in [2.45, 2.75) is 33.4 Å². The number of aryl methyl sites for hydroxylation is 1. The maximum Gasteiger partial charge on any atom is 0.416 e. The normalized spacial score (nSPS) is 16.5. The van der Waals surface area contributed by atoms with Gasteiger partial charge in [-0.2, -0.15) is 13.2 Å². The van der Waals surface area contributed by atoms with Gasteiger partial charge in [-0.3, -0.25) is 14.5 Å². The molecule has 1 saturated heterocycles. The molecule has 0 aliphatic carbocycles. The Morgan fingerprint density at radius 1 is 1.14 bits per heavy atom. The summed E-state index contributed by atoms with van der Waals surface area (Å²) < 4.78 is 40.8. The van der Waals surface area contributed by atoms with Crippen molar-refractivity contribution in [1.29, 1.82) is 0 Å². The van der Waals surface area contributed by atoms with E-state index in [0.717, 1.165) is 29.6 Å². The van der Waals surface area contributed by atoms with Crippen molar-refractivity contribution >= 4 is 29.0 Å². The first-order chi connectivity index (χ1) is 13.1. The molecule has 1 aliphatic heterocycles. The highest BCUT2D eigenvalue weighted by Gasteiger charge is 2.34. The molecule has 2 heterocycles. The van der Waals surface area contributed by atoms with Crippen LogP contribution in [0.15, 0.2) is 35.2 Å². The van der Waals surface area contributed by atoms with Gasteiger partial charge in [-0.1, -0.05) is 13.0 Å². The Kier molecular flexibility index (Phi) is 5.43. The van der Waals surface area contributed by atoms with Crippen LogP contribution in [0.4, 0.5) is 18.0 Å². The lowest BCUT2D eigenvalue weighted by molar-refractivity contribution is -0.137. The third-order valence-electron chi connectivity index (χ3n) is 4.51. The molecule has 3 rings (SSSR count). The number of imide groups is 1. The van der Waals surface area contributed by atoms with Crippen molar-refractivity contribution < 1.29 is 22.8 Å². The van der Waals surface area contributed by atoms with Crippen LogP contribution in [0.25, 0.3) is 11.8 Å². The molecule has 1 aromatic carbocycles. The summed E-state index contributed by atoms with van der Waals surface area (Å²) in [6.45, 7) is 5.81. The minimum Gasteiger partial charge on any atom is -0.318 e. The molecule has 0 bridgehead atoms. The maximum atomic E-state index is 13.0. The molecule has 4 nitrogen and oxygen atoms in total. The number of nitrogens with zero attached hydrogens (tertiary/aromatic N) is 2. The Bertz CT molecular complexity index is 976. The van der Waals surface area contributed by atoms with Crippen molar-refractivity contribution in [3.63, 3.8) is 0 Å². The Hall–Kier alpha value is -2.48. The quantitative estimate of drug-likeness (QED) is 0.622. The van der Waals surface area contributed by atoms with Crippen LogP contribution >= 0.6 is 11.8 Å². The van der Waals surface area contributed by atoms with Crippen LogP contribution < -0.4 is 0 Å². The fraction of sp³-hybridized carbons (Fsp3) is 0.300. The third kappa shape index (κ3) is 3.73. The van der Waals surface area contributed by atoms with E-state index in [1.54, 1.807) is 36.6 Å². The first-order valence-corrected chi connectivity index (χ1v) is 9.57. The fourth-order valence-corrected chi connectivity index (χ4v) is 4.07. The molecule has 0 spiro atoms. The van der Waals surface area contributed by atoms with E-state index in [0.29, 0.717) is 34.8 Å². The van der Waals surface area contributed by atoms with Crippen molar-refractivity contribution in [2.75, 3.05) is 6.54 Å². The van der Waals surface area contributed by atoms with Gasteiger partial charge in [-0.05, 0) is 67.9 Å². The molecule has 2 amide bonds. The van der Waals surface area contributed by atoms with Gasteiger partial charge in [-0.25, -0.2) is 0 Å². The Labute approximate surface area is 165 Å². The summed E-state index contributed by atoms with van der Waals surface area (Å²) >= 11 is 0.883. The van der Waals surface area contributed by atoms with Gasteiger partial charge < -0.3 is 4.57 Å². The summed E-state index contributed by atoms with van der Waals surface area (Å²) in [4.78, 5) is 26.0. The largest absolute Gasteiger partial charge is 0.416 e. The van der Waals surface area contributed by atoms with Crippen LogP contribution in [0, 0.1) is 13.8 Å². The summed E-state index contributed by atoms with van der Waals surface area (Å²) in [7, 11) is 0. The van der Waals surface area contributed by atoms with E-state index >= 15 is 0 Å². The highest BCUT2D eigenvalue weighted by Crippen LogP contribution is 2.35. The van der Waals surface area contributed by atoms with Crippen molar-refractivity contribution in [3.05, 3.63) is 57.8 Å². The van der Waals surface area contributed by atoms with Gasteiger partial charge in [0.15, 0.2) is 0 Å². The Morgan fingerprint density at radius 3 is 2.50 bits per heavy atom. The van der Waals surface area contributed by atoms with Gasteiger partial charge in [0.2, 0.25) is 0 Å². The fourth-order valence-electron chi connectivity index (χ4n) is 3.21. The third-order valence-corrected chi connectivity index (χ3v) is 5.42. The lowest BCUT2D eigenvalue weighted by atomic mass is 10.2. The molecule has 8 heteroatoms. The van der Waals surface area contributed by atoms with E-state index in [1.807, 2.05) is 6.92 Å². The molecule has 28 heavy (non-hydrogen) atoms. The van der Waals surface area contributed by atoms with E-state index in [2.05, 4.69) is 0 Å². The highest BCUT2D eigenvalue weighted by molar-refractivity contribution is 8.18. The predicted octanol–water partition coefficient (Wildman–Crippen LogP) is 5.56. The number of amides is 2. The van der Waals surface area contributed by atoms with E-state index in [9.17, 15) is 22.8 Å². The number of carbonyl (C=O) groups excluding carboxylic acids is 2. The minimum absolute atomic E-state index is 0.301. The van der Waals surface area contributed by atoms with Gasteiger partial charge in [0.1, 0.15) is 0 Å². The van der Waals surface area contributed by atoms with Gasteiger partial charge >= 0.3 is 6.18 Å².